The molecule has 0 aromatic heterocycles. The van der Waals surface area contributed by atoms with E-state index in [4.69, 9.17) is 17.2 Å². The Hall–Kier alpha value is 0.643. The van der Waals surface area contributed by atoms with Crippen molar-refractivity contribution in [3.05, 3.63) is 41.5 Å². The quantitative estimate of drug-likeness (QED) is 0.300. The average molecular weight is 535 g/mol. The molecule has 22 heavy (non-hydrogen) atoms. The van der Waals surface area contributed by atoms with Crippen LogP contribution in [-0.2, 0) is 25.8 Å². The molecule has 0 aliphatic rings. The first-order valence-corrected chi connectivity index (χ1v) is 15.0. The molecule has 0 aliphatic carbocycles. The maximum absolute atomic E-state index is 6.58. The topological polar surface area (TPSA) is 71.4 Å². The molecule has 0 fully saturated rings. The summed E-state index contributed by atoms with van der Waals surface area (Å²) in [5.74, 6) is 7.24. The molecule has 1 aromatic carbocycles. The Labute approximate surface area is 161 Å². The van der Waals surface area contributed by atoms with Gasteiger partial charge in [-0.05, 0) is 0 Å². The van der Waals surface area contributed by atoms with Crippen molar-refractivity contribution < 1.29 is 25.8 Å². The smallest absolute Gasteiger partial charge is 4.00 e. The van der Waals surface area contributed by atoms with E-state index < -0.39 is 13.3 Å². The zero-order valence-electron chi connectivity index (χ0n) is 16.0. The van der Waals surface area contributed by atoms with E-state index in [9.17, 15) is 0 Å². The predicted octanol–water partition coefficient (Wildman–Crippen LogP) is 6.29. The summed E-state index contributed by atoms with van der Waals surface area (Å²) in [6.07, 6.45) is 0. The molecule has 3 nitrogen and oxygen atoms in total. The number of hydrogen-bond acceptors (Lipinski definition) is 0. The first-order chi connectivity index (χ1) is 9.30. The predicted molar refractivity (Wildman–Crippen MR) is 103 cm³/mol. The van der Waals surface area contributed by atoms with Gasteiger partial charge in [0.15, 0.2) is 0 Å². The molecule has 0 spiro atoms. The summed E-state index contributed by atoms with van der Waals surface area (Å²) in [6, 6.07) is 9.01. The van der Waals surface area contributed by atoms with Crippen molar-refractivity contribution in [2.45, 2.75) is 76.9 Å². The van der Waals surface area contributed by atoms with Crippen LogP contribution in [0.2, 0.25) is 17.3 Å². The van der Waals surface area contributed by atoms with Crippen molar-refractivity contribution in [3.63, 3.8) is 0 Å². The van der Waals surface area contributed by atoms with Gasteiger partial charge in [-0.25, -0.2) is 0 Å². The Morgan fingerprint density at radius 2 is 0.864 bits per heavy atom. The maximum Gasteiger partial charge on any atom is 4.00 e. The number of rotatable bonds is 1. The van der Waals surface area contributed by atoms with Crippen LogP contribution >= 0.6 is 0 Å². The van der Waals surface area contributed by atoms with Crippen LogP contribution in [0.1, 0.15) is 41.5 Å². The third-order valence-corrected chi connectivity index (χ3v) is 5.86. The standard InChI is InChI=1S/C8H13Ge.3C3H8N.Hf/c1-9(2,3)8-6-4-5-7-8;3*1-3(2)4;/h4-7H,1-3H3;3*3-4H,1-2H3;/q4*-1;+4. The molecule has 0 radical (unpaired) electrons. The van der Waals surface area contributed by atoms with Gasteiger partial charge in [0.2, 0.25) is 0 Å². The van der Waals surface area contributed by atoms with Crippen LogP contribution in [0.3, 0.4) is 0 Å². The van der Waals surface area contributed by atoms with Crippen molar-refractivity contribution >= 4 is 17.7 Å². The van der Waals surface area contributed by atoms with E-state index in [2.05, 4.69) is 41.5 Å². The Balaban J connectivity index is -0.000000107. The molecule has 1 aromatic rings. The van der Waals surface area contributed by atoms with Gasteiger partial charge in [-0.2, -0.15) is 0 Å². The normalized spacial score (nSPS) is 9.77. The average Bonchev–Trinajstić information content (AvgIpc) is 2.64. The van der Waals surface area contributed by atoms with E-state index in [1.807, 2.05) is 41.5 Å². The minimum absolute atomic E-state index is 0. The van der Waals surface area contributed by atoms with Crippen LogP contribution in [0, 0.1) is 0 Å². The molecule has 0 saturated carbocycles. The van der Waals surface area contributed by atoms with Crippen LogP contribution in [-0.4, -0.2) is 31.4 Å². The largest absolute Gasteiger partial charge is 4.00 e. The molecular formula is C17H37GeHfN3. The summed E-state index contributed by atoms with van der Waals surface area (Å²) in [4.78, 5) is 0. The summed E-state index contributed by atoms with van der Waals surface area (Å²) in [5, 5.41) is 0. The van der Waals surface area contributed by atoms with Gasteiger partial charge in [-0.1, -0.05) is 41.5 Å². The van der Waals surface area contributed by atoms with Crippen molar-refractivity contribution in [2.24, 2.45) is 0 Å². The van der Waals surface area contributed by atoms with E-state index >= 15 is 0 Å². The van der Waals surface area contributed by atoms with Crippen molar-refractivity contribution in [3.8, 4) is 0 Å². The van der Waals surface area contributed by atoms with E-state index in [1.54, 1.807) is 4.40 Å². The van der Waals surface area contributed by atoms with Crippen LogP contribution in [0.5, 0.6) is 0 Å². The second-order valence-corrected chi connectivity index (χ2v) is 17.5. The molecule has 0 aliphatic heterocycles. The van der Waals surface area contributed by atoms with Crippen molar-refractivity contribution in [1.82, 2.24) is 0 Å². The van der Waals surface area contributed by atoms with Gasteiger partial charge >= 0.3 is 85.0 Å². The van der Waals surface area contributed by atoms with Crippen LogP contribution in [0.4, 0.5) is 0 Å². The fraction of sp³-hybridized carbons (Fsp3) is 0.706. The molecule has 0 atom stereocenters. The molecule has 0 bridgehead atoms. The monoisotopic (exact) mass is 537 g/mol. The first-order valence-electron chi connectivity index (χ1n) is 7.66. The zero-order chi connectivity index (χ0) is 17.6. The zero-order valence-corrected chi connectivity index (χ0v) is 21.7. The third-order valence-electron chi connectivity index (χ3n) is 1.53. The summed E-state index contributed by atoms with van der Waals surface area (Å²) in [5.41, 5.74) is 19.8. The number of hydrogen-bond donors (Lipinski definition) is 0. The Morgan fingerprint density at radius 1 is 0.682 bits per heavy atom. The number of nitrogens with one attached hydrogen (secondary N) is 3. The van der Waals surface area contributed by atoms with Gasteiger partial charge in [0.05, 0.1) is 0 Å². The molecule has 0 heterocycles. The summed E-state index contributed by atoms with van der Waals surface area (Å²) >= 11 is -1.44. The minimum Gasteiger partial charge on any atom is 4.00 e. The molecule has 3 N–H and O–H groups in total. The van der Waals surface area contributed by atoms with E-state index in [0.717, 1.165) is 0 Å². The van der Waals surface area contributed by atoms with E-state index in [-0.39, 0.29) is 44.0 Å². The molecule has 5 heteroatoms. The summed E-state index contributed by atoms with van der Waals surface area (Å²) in [7, 11) is 0. The van der Waals surface area contributed by atoms with E-state index in [0.29, 0.717) is 0 Å². The fourth-order valence-corrected chi connectivity index (χ4v) is 3.38. The fourth-order valence-electron chi connectivity index (χ4n) is 0.874. The maximum atomic E-state index is 6.58. The van der Waals surface area contributed by atoms with E-state index in [1.165, 1.54) is 0 Å². The van der Waals surface area contributed by atoms with Gasteiger partial charge < -0.3 is 17.2 Å². The van der Waals surface area contributed by atoms with Crippen molar-refractivity contribution in [1.29, 1.82) is 0 Å². The van der Waals surface area contributed by atoms with Crippen molar-refractivity contribution in [2.75, 3.05) is 0 Å². The Kier molecular flexibility index (Phi) is 25.0. The van der Waals surface area contributed by atoms with Gasteiger partial charge in [-0.15, -0.1) is 18.1 Å². The van der Waals surface area contributed by atoms with Gasteiger partial charge in [0.1, 0.15) is 0 Å². The molecular weight excluding hydrogens is 497 g/mol. The SMILES string of the molecule is CC(C)[NH-].CC(C)[NH-].CC(C)[NH-].[CH3][Ge]([CH3])([CH3])[c-]1cccc1.[Hf+4]. The minimum atomic E-state index is -1.44. The second-order valence-electron chi connectivity index (χ2n) is 6.89. The van der Waals surface area contributed by atoms with Gasteiger partial charge in [0.25, 0.3) is 0 Å². The molecule has 0 saturated heterocycles. The van der Waals surface area contributed by atoms with Gasteiger partial charge in [0, 0.05) is 0 Å². The molecule has 0 unspecified atom stereocenters. The molecule has 1 rings (SSSR count). The Bertz CT molecular complexity index is 269. The second kappa shape index (κ2) is 18.0. The summed E-state index contributed by atoms with van der Waals surface area (Å²) < 4.78 is 1.61. The summed E-state index contributed by atoms with van der Waals surface area (Å²) in [6.45, 7) is 11.0. The molecule has 128 valence electrons. The molecule has 0 amide bonds. The third kappa shape index (κ3) is 42.8. The van der Waals surface area contributed by atoms with Crippen LogP contribution in [0.15, 0.2) is 24.3 Å². The van der Waals surface area contributed by atoms with Gasteiger partial charge in [-0.3, -0.25) is 0 Å². The van der Waals surface area contributed by atoms with Crippen LogP contribution < -0.4 is 4.40 Å². The Morgan fingerprint density at radius 3 is 0.955 bits per heavy atom. The first kappa shape index (κ1) is 30.5. The van der Waals surface area contributed by atoms with Crippen LogP contribution in [0.25, 0.3) is 17.2 Å².